The molecule has 3 aromatic rings. The fourth-order valence-electron chi connectivity index (χ4n) is 2.28. The number of rotatable bonds is 6. The third-order valence-electron chi connectivity index (χ3n) is 3.49. The minimum atomic E-state index is -0.391. The number of carbonyl (C=O) groups is 1. The zero-order valence-corrected chi connectivity index (χ0v) is 13.2. The molecule has 24 heavy (non-hydrogen) atoms. The maximum absolute atomic E-state index is 12.1. The van der Waals surface area contributed by atoms with Gasteiger partial charge in [0.2, 0.25) is 5.89 Å². The van der Waals surface area contributed by atoms with Crippen molar-refractivity contribution in [1.82, 2.24) is 15.5 Å². The lowest BCUT2D eigenvalue weighted by Gasteiger charge is -2.05. The van der Waals surface area contributed by atoms with Crippen LogP contribution in [0.3, 0.4) is 0 Å². The van der Waals surface area contributed by atoms with Gasteiger partial charge in [-0.2, -0.15) is 0 Å². The van der Waals surface area contributed by atoms with Crippen molar-refractivity contribution in [3.05, 3.63) is 77.5 Å². The lowest BCUT2D eigenvalue weighted by atomic mass is 10.1. The van der Waals surface area contributed by atoms with Crippen molar-refractivity contribution in [3.63, 3.8) is 0 Å². The second-order valence-corrected chi connectivity index (χ2v) is 5.16. The number of hydrogen-bond acceptors (Lipinski definition) is 5. The largest absolute Gasteiger partial charge is 0.496 e. The Morgan fingerprint density at radius 3 is 2.62 bits per heavy atom. The summed E-state index contributed by atoms with van der Waals surface area (Å²) in [5, 5.41) is 10.5. The average molecular weight is 323 g/mol. The summed E-state index contributed by atoms with van der Waals surface area (Å²) in [6.07, 6.45) is 0.406. The zero-order chi connectivity index (χ0) is 16.8. The van der Waals surface area contributed by atoms with Crippen LogP contribution in [-0.4, -0.2) is 23.2 Å². The Labute approximate surface area is 139 Å². The van der Waals surface area contributed by atoms with E-state index in [-0.39, 0.29) is 5.89 Å². The Morgan fingerprint density at radius 1 is 1.08 bits per heavy atom. The molecule has 1 N–H and O–H groups in total. The number of nitrogens with one attached hydrogen (secondary N) is 1. The number of aromatic nitrogens is 2. The highest BCUT2D eigenvalue weighted by molar-refractivity contribution is 5.89. The second-order valence-electron chi connectivity index (χ2n) is 5.16. The highest BCUT2D eigenvalue weighted by atomic mass is 16.5. The molecule has 1 aromatic heterocycles. The van der Waals surface area contributed by atoms with Gasteiger partial charge in [-0.05, 0) is 11.6 Å². The van der Waals surface area contributed by atoms with Crippen LogP contribution in [0, 0.1) is 0 Å². The van der Waals surface area contributed by atoms with Crippen molar-refractivity contribution < 1.29 is 13.9 Å². The van der Waals surface area contributed by atoms with Crippen molar-refractivity contribution >= 4 is 5.91 Å². The average Bonchev–Trinajstić information content (AvgIpc) is 3.10. The number of ether oxygens (including phenoxy) is 1. The van der Waals surface area contributed by atoms with E-state index in [4.69, 9.17) is 9.15 Å². The molecule has 122 valence electrons. The summed E-state index contributed by atoms with van der Waals surface area (Å²) < 4.78 is 10.7. The van der Waals surface area contributed by atoms with Crippen molar-refractivity contribution in [2.45, 2.75) is 13.0 Å². The Balaban J connectivity index is 1.63. The van der Waals surface area contributed by atoms with Gasteiger partial charge in [-0.25, -0.2) is 0 Å². The van der Waals surface area contributed by atoms with E-state index >= 15 is 0 Å². The number of methoxy groups -OCH3 is 1. The van der Waals surface area contributed by atoms with Gasteiger partial charge in [0.15, 0.2) is 0 Å². The molecule has 0 aliphatic rings. The van der Waals surface area contributed by atoms with E-state index < -0.39 is 5.91 Å². The number of nitrogens with zero attached hydrogens (tertiary/aromatic N) is 2. The van der Waals surface area contributed by atoms with Gasteiger partial charge in [0, 0.05) is 12.1 Å². The first-order valence-electron chi connectivity index (χ1n) is 7.52. The van der Waals surface area contributed by atoms with Gasteiger partial charge in [-0.15, -0.1) is 10.2 Å². The molecule has 0 spiro atoms. The van der Waals surface area contributed by atoms with Crippen LogP contribution in [0.2, 0.25) is 0 Å². The summed E-state index contributed by atoms with van der Waals surface area (Å²) in [6, 6.07) is 17.2. The van der Waals surface area contributed by atoms with Crippen LogP contribution >= 0.6 is 0 Å². The fourth-order valence-corrected chi connectivity index (χ4v) is 2.28. The van der Waals surface area contributed by atoms with E-state index in [2.05, 4.69) is 15.5 Å². The summed E-state index contributed by atoms with van der Waals surface area (Å²) >= 11 is 0. The standard InChI is InChI=1S/C18H17N3O3/c1-23-15-10-6-5-9-14(15)11-16-20-21-18(24-16)17(22)19-12-13-7-3-2-4-8-13/h2-10H,11-12H2,1H3,(H,19,22). The van der Waals surface area contributed by atoms with Gasteiger partial charge < -0.3 is 14.5 Å². The van der Waals surface area contributed by atoms with Gasteiger partial charge in [-0.1, -0.05) is 48.5 Å². The molecule has 0 radical (unpaired) electrons. The first-order chi connectivity index (χ1) is 11.8. The molecule has 0 fully saturated rings. The van der Waals surface area contributed by atoms with Crippen molar-refractivity contribution in [3.8, 4) is 5.75 Å². The predicted molar refractivity (Wildman–Crippen MR) is 87.7 cm³/mol. The van der Waals surface area contributed by atoms with Crippen LogP contribution < -0.4 is 10.1 Å². The van der Waals surface area contributed by atoms with Crippen LogP contribution in [0.5, 0.6) is 5.75 Å². The van der Waals surface area contributed by atoms with Gasteiger partial charge in [0.05, 0.1) is 13.5 Å². The molecular formula is C18H17N3O3. The smallest absolute Gasteiger partial charge is 0.309 e. The minimum absolute atomic E-state index is 0.0455. The Bertz CT molecular complexity index is 815. The topological polar surface area (TPSA) is 77.2 Å². The number of amides is 1. The van der Waals surface area contributed by atoms with E-state index in [1.165, 1.54) is 0 Å². The summed E-state index contributed by atoms with van der Waals surface area (Å²) in [6.45, 7) is 0.407. The fraction of sp³-hybridized carbons (Fsp3) is 0.167. The molecule has 0 atom stereocenters. The molecule has 6 nitrogen and oxygen atoms in total. The van der Waals surface area contributed by atoms with Gasteiger partial charge in [0.1, 0.15) is 5.75 Å². The quantitative estimate of drug-likeness (QED) is 0.754. The number of carbonyl (C=O) groups excluding carboxylic acids is 1. The summed E-state index contributed by atoms with van der Waals surface area (Å²) in [5.41, 5.74) is 1.92. The molecule has 6 heteroatoms. The van der Waals surface area contributed by atoms with Crippen molar-refractivity contribution in [2.24, 2.45) is 0 Å². The van der Waals surface area contributed by atoms with E-state index in [1.54, 1.807) is 7.11 Å². The van der Waals surface area contributed by atoms with Crippen LogP contribution in [0.15, 0.2) is 59.0 Å². The lowest BCUT2D eigenvalue weighted by Crippen LogP contribution is -2.23. The molecule has 0 aliphatic carbocycles. The molecule has 0 unspecified atom stereocenters. The van der Waals surface area contributed by atoms with E-state index in [1.807, 2.05) is 54.6 Å². The van der Waals surface area contributed by atoms with Crippen LogP contribution in [0.25, 0.3) is 0 Å². The summed E-state index contributed by atoms with van der Waals surface area (Å²) in [4.78, 5) is 12.1. The molecule has 1 heterocycles. The highest BCUT2D eigenvalue weighted by Crippen LogP contribution is 2.20. The van der Waals surface area contributed by atoms with Gasteiger partial charge in [0.25, 0.3) is 0 Å². The monoisotopic (exact) mass is 323 g/mol. The zero-order valence-electron chi connectivity index (χ0n) is 13.2. The molecule has 0 saturated carbocycles. The highest BCUT2D eigenvalue weighted by Gasteiger charge is 2.15. The molecule has 0 aliphatic heterocycles. The normalized spacial score (nSPS) is 10.4. The SMILES string of the molecule is COc1ccccc1Cc1nnc(C(=O)NCc2ccccc2)o1. The van der Waals surface area contributed by atoms with E-state index in [0.29, 0.717) is 18.9 Å². The Morgan fingerprint density at radius 2 is 1.83 bits per heavy atom. The van der Waals surface area contributed by atoms with Gasteiger partial charge >= 0.3 is 11.8 Å². The van der Waals surface area contributed by atoms with E-state index in [0.717, 1.165) is 16.9 Å². The summed E-state index contributed by atoms with van der Waals surface area (Å²) in [5.74, 6) is 0.670. The second kappa shape index (κ2) is 7.41. The molecular weight excluding hydrogens is 306 g/mol. The van der Waals surface area contributed by atoms with Crippen molar-refractivity contribution in [1.29, 1.82) is 0 Å². The van der Waals surface area contributed by atoms with Crippen LogP contribution in [0.1, 0.15) is 27.7 Å². The minimum Gasteiger partial charge on any atom is -0.496 e. The molecule has 2 aromatic carbocycles. The van der Waals surface area contributed by atoms with Crippen LogP contribution in [-0.2, 0) is 13.0 Å². The number of para-hydroxylation sites is 1. The number of benzene rings is 2. The third-order valence-corrected chi connectivity index (χ3v) is 3.49. The van der Waals surface area contributed by atoms with Gasteiger partial charge in [-0.3, -0.25) is 4.79 Å². The predicted octanol–water partition coefficient (Wildman–Crippen LogP) is 2.60. The summed E-state index contributed by atoms with van der Waals surface area (Å²) in [7, 11) is 1.61. The Kier molecular flexibility index (Phi) is 4.86. The molecule has 0 saturated heterocycles. The first kappa shape index (κ1) is 15.7. The molecule has 1 amide bonds. The maximum Gasteiger partial charge on any atom is 0.309 e. The van der Waals surface area contributed by atoms with Crippen molar-refractivity contribution in [2.75, 3.05) is 7.11 Å². The van der Waals surface area contributed by atoms with E-state index in [9.17, 15) is 4.79 Å². The molecule has 3 rings (SSSR count). The maximum atomic E-state index is 12.1. The third kappa shape index (κ3) is 3.78. The molecule has 0 bridgehead atoms. The lowest BCUT2D eigenvalue weighted by molar-refractivity contribution is 0.0914. The number of hydrogen-bond donors (Lipinski definition) is 1. The first-order valence-corrected chi connectivity index (χ1v) is 7.52. The van der Waals surface area contributed by atoms with Crippen LogP contribution in [0.4, 0.5) is 0 Å². The Hall–Kier alpha value is -3.15.